The largest absolute Gasteiger partial charge is 0.500 e. The van der Waals surface area contributed by atoms with E-state index >= 15 is 0 Å². The van der Waals surface area contributed by atoms with Crippen molar-refractivity contribution < 1.29 is 14.3 Å². The minimum absolute atomic E-state index is 0.168. The van der Waals surface area contributed by atoms with E-state index in [0.717, 1.165) is 11.3 Å². The third-order valence-corrected chi connectivity index (χ3v) is 3.35. The molecule has 0 aliphatic carbocycles. The zero-order chi connectivity index (χ0) is 14.4. The fourth-order valence-corrected chi connectivity index (χ4v) is 2.31. The predicted molar refractivity (Wildman–Crippen MR) is 70.6 cm³/mol. The lowest BCUT2D eigenvalue weighted by Crippen LogP contribution is -2.30. The molecule has 0 aromatic carbocycles. The maximum atomic E-state index is 11.9. The van der Waals surface area contributed by atoms with Crippen molar-refractivity contribution in [3.8, 4) is 6.07 Å². The van der Waals surface area contributed by atoms with Crippen LogP contribution in [0.4, 0.5) is 0 Å². The predicted octanol–water partition coefficient (Wildman–Crippen LogP) is -0.541. The first kappa shape index (κ1) is 15.0. The van der Waals surface area contributed by atoms with Gasteiger partial charge < -0.3 is 14.0 Å². The highest BCUT2D eigenvalue weighted by atomic mass is 32.1. The van der Waals surface area contributed by atoms with Gasteiger partial charge in [-0.15, -0.1) is 11.3 Å². The Kier molecular flexibility index (Phi) is 5.33. The van der Waals surface area contributed by atoms with E-state index in [1.165, 1.54) is 17.9 Å². The van der Waals surface area contributed by atoms with E-state index in [0.29, 0.717) is 11.1 Å². The van der Waals surface area contributed by atoms with Crippen LogP contribution in [-0.4, -0.2) is 23.8 Å². The van der Waals surface area contributed by atoms with Crippen LogP contribution >= 0.6 is 11.3 Å². The molecule has 0 spiro atoms. The summed E-state index contributed by atoms with van der Waals surface area (Å²) in [5.41, 5.74) is -0.493. The molecule has 0 aliphatic heterocycles. The van der Waals surface area contributed by atoms with E-state index in [2.05, 4.69) is 0 Å². The molecular formula is C12H14N2O4S. The molecule has 0 fully saturated rings. The Labute approximate surface area is 113 Å². The first-order valence-corrected chi connectivity index (χ1v) is 6.47. The Morgan fingerprint density at radius 3 is 2.68 bits per heavy atom. The van der Waals surface area contributed by atoms with Crippen LogP contribution in [0.2, 0.25) is 0 Å². The number of carbonyl (C=O) groups is 1. The monoisotopic (exact) mass is 282 g/mol. The van der Waals surface area contributed by atoms with Crippen LogP contribution in [0.25, 0.3) is 11.8 Å². The number of nitriles is 1. The molecule has 0 saturated carbocycles. The second-order valence-corrected chi connectivity index (χ2v) is 4.45. The second-order valence-electron chi connectivity index (χ2n) is 3.42. The van der Waals surface area contributed by atoms with Crippen molar-refractivity contribution in [3.05, 3.63) is 19.5 Å². The third-order valence-electron chi connectivity index (χ3n) is 2.19. The molecular weight excluding hydrogens is 268 g/mol. The van der Waals surface area contributed by atoms with Gasteiger partial charge in [-0.05, 0) is 13.8 Å². The summed E-state index contributed by atoms with van der Waals surface area (Å²) >= 11 is 1.02. The fourth-order valence-electron chi connectivity index (χ4n) is 1.31. The van der Waals surface area contributed by atoms with E-state index in [1.807, 2.05) is 0 Å². The van der Waals surface area contributed by atoms with Gasteiger partial charge in [-0.25, -0.2) is 4.79 Å². The molecule has 1 aromatic heterocycles. The number of esters is 1. The van der Waals surface area contributed by atoms with Crippen molar-refractivity contribution in [2.45, 2.75) is 13.8 Å². The Hall–Kier alpha value is -2.07. The van der Waals surface area contributed by atoms with Crippen molar-refractivity contribution in [2.24, 2.45) is 7.05 Å². The van der Waals surface area contributed by atoms with Gasteiger partial charge in [-0.3, -0.25) is 4.79 Å². The Bertz CT molecular complexity index is 678. The molecule has 7 heteroatoms. The zero-order valence-electron chi connectivity index (χ0n) is 10.9. The van der Waals surface area contributed by atoms with Crippen molar-refractivity contribution >= 4 is 29.1 Å². The van der Waals surface area contributed by atoms with Gasteiger partial charge in [-0.1, -0.05) is 0 Å². The summed E-state index contributed by atoms with van der Waals surface area (Å²) in [5.74, 6) is -0.732. The zero-order valence-corrected chi connectivity index (χ0v) is 11.7. The summed E-state index contributed by atoms with van der Waals surface area (Å²) in [7, 11) is 1.49. The van der Waals surface area contributed by atoms with Crippen LogP contribution < -0.4 is 14.8 Å². The van der Waals surface area contributed by atoms with Crippen molar-refractivity contribution in [1.82, 2.24) is 4.57 Å². The maximum Gasteiger partial charge on any atom is 0.351 e. The molecule has 1 heterocycles. The molecule has 102 valence electrons. The molecule has 0 bridgehead atoms. The highest BCUT2D eigenvalue weighted by Gasteiger charge is 2.15. The quantitative estimate of drug-likeness (QED) is 0.693. The molecule has 0 radical (unpaired) electrons. The number of thiazole rings is 1. The fraction of sp³-hybridized carbons (Fsp3) is 0.417. The molecule has 19 heavy (non-hydrogen) atoms. The number of nitrogens with zero attached hydrogens (tertiary/aromatic N) is 2. The van der Waals surface area contributed by atoms with Gasteiger partial charge in [0.1, 0.15) is 21.5 Å². The molecule has 0 aliphatic rings. The normalized spacial score (nSPS) is 12.8. The highest BCUT2D eigenvalue weighted by molar-refractivity contribution is 7.07. The van der Waals surface area contributed by atoms with E-state index in [9.17, 15) is 9.59 Å². The van der Waals surface area contributed by atoms with Gasteiger partial charge in [0, 0.05) is 7.05 Å². The van der Waals surface area contributed by atoms with E-state index in [1.54, 1.807) is 19.9 Å². The van der Waals surface area contributed by atoms with Crippen LogP contribution in [-0.2, 0) is 21.3 Å². The number of rotatable bonds is 4. The minimum Gasteiger partial charge on any atom is -0.500 e. The molecule has 6 nitrogen and oxygen atoms in total. The van der Waals surface area contributed by atoms with Crippen LogP contribution in [0.5, 0.6) is 0 Å². The highest BCUT2D eigenvalue weighted by Crippen LogP contribution is 1.95. The number of carbonyl (C=O) groups excluding carboxylic acids is 1. The van der Waals surface area contributed by atoms with Crippen molar-refractivity contribution in [2.75, 3.05) is 13.2 Å². The summed E-state index contributed by atoms with van der Waals surface area (Å²) in [5, 5.41) is 9.04. The Morgan fingerprint density at radius 1 is 1.47 bits per heavy atom. The number of ether oxygens (including phenoxy) is 2. The first-order valence-electron chi connectivity index (χ1n) is 5.65. The molecule has 0 unspecified atom stereocenters. The molecule has 0 amide bonds. The summed E-state index contributed by atoms with van der Waals surface area (Å²) in [4.78, 5) is 23.5. The minimum atomic E-state index is -0.732. The van der Waals surface area contributed by atoms with Gasteiger partial charge in [0.2, 0.25) is 0 Å². The van der Waals surface area contributed by atoms with Crippen molar-refractivity contribution in [3.63, 3.8) is 0 Å². The lowest BCUT2D eigenvalue weighted by atomic mass is 10.3. The van der Waals surface area contributed by atoms with Crippen molar-refractivity contribution in [1.29, 1.82) is 5.26 Å². The van der Waals surface area contributed by atoms with Gasteiger partial charge in [-0.2, -0.15) is 5.26 Å². The lowest BCUT2D eigenvalue weighted by molar-refractivity contribution is -0.136. The number of aromatic nitrogens is 1. The van der Waals surface area contributed by atoms with Gasteiger partial charge in [0.15, 0.2) is 5.57 Å². The average Bonchev–Trinajstić information content (AvgIpc) is 2.66. The van der Waals surface area contributed by atoms with Crippen LogP contribution in [0.1, 0.15) is 13.8 Å². The van der Waals surface area contributed by atoms with E-state index < -0.39 is 5.97 Å². The lowest BCUT2D eigenvalue weighted by Gasteiger charge is -1.98. The number of hydrogen-bond donors (Lipinski definition) is 0. The molecule has 1 rings (SSSR count). The van der Waals surface area contributed by atoms with Crippen LogP contribution in [0.15, 0.2) is 4.79 Å². The first-order chi connectivity index (χ1) is 9.06. The van der Waals surface area contributed by atoms with E-state index in [4.69, 9.17) is 14.7 Å². The Balaban J connectivity index is 3.54. The molecule has 0 saturated heterocycles. The van der Waals surface area contributed by atoms with Gasteiger partial charge in [0.05, 0.1) is 13.2 Å². The number of hydrogen-bond acceptors (Lipinski definition) is 6. The standard InChI is InChI=1S/C12H14N2O4S/c1-4-17-7-9-10(15)14(3)11(19-9)8(6-13)12(16)18-5-2/h7H,4-5H2,1-3H3. The summed E-state index contributed by atoms with van der Waals surface area (Å²) in [6.07, 6.45) is 1.33. The average molecular weight is 282 g/mol. The second kappa shape index (κ2) is 6.75. The Morgan fingerprint density at radius 2 is 2.16 bits per heavy atom. The van der Waals surface area contributed by atoms with Gasteiger partial charge >= 0.3 is 5.97 Å². The summed E-state index contributed by atoms with van der Waals surface area (Å²) in [6.45, 7) is 4.04. The molecule has 0 atom stereocenters. The topological polar surface area (TPSA) is 81.3 Å². The molecule has 1 aromatic rings. The van der Waals surface area contributed by atoms with Crippen LogP contribution in [0, 0.1) is 11.3 Å². The SMILES string of the molecule is CCOC=c1sc(=C(C#N)C(=O)OCC)n(C)c1=O. The van der Waals surface area contributed by atoms with E-state index in [-0.39, 0.29) is 22.4 Å². The van der Waals surface area contributed by atoms with Crippen LogP contribution in [0.3, 0.4) is 0 Å². The third kappa shape index (κ3) is 3.23. The maximum absolute atomic E-state index is 11.9. The smallest absolute Gasteiger partial charge is 0.351 e. The van der Waals surface area contributed by atoms with Gasteiger partial charge in [0.25, 0.3) is 5.56 Å². The molecule has 0 N–H and O–H groups in total. The summed E-state index contributed by atoms with van der Waals surface area (Å²) in [6, 6.07) is 1.78. The summed E-state index contributed by atoms with van der Waals surface area (Å²) < 4.78 is 11.7.